The predicted molar refractivity (Wildman–Crippen MR) is 69.5 cm³/mol. The van der Waals surface area contributed by atoms with Crippen LogP contribution >= 0.6 is 11.6 Å². The van der Waals surface area contributed by atoms with Crippen molar-refractivity contribution in [1.29, 1.82) is 0 Å². The van der Waals surface area contributed by atoms with Crippen LogP contribution in [0.1, 0.15) is 12.0 Å². The van der Waals surface area contributed by atoms with Crippen molar-refractivity contribution in [2.24, 2.45) is 0 Å². The molecule has 104 valence electrons. The monoisotopic (exact) mass is 288 g/mol. The number of amides is 1. The Morgan fingerprint density at radius 3 is 2.84 bits per heavy atom. The average Bonchev–Trinajstić information content (AvgIpc) is 2.72. The molecule has 1 aromatic carbocycles. The van der Waals surface area contributed by atoms with Gasteiger partial charge in [-0.15, -0.1) is 0 Å². The molecule has 1 saturated heterocycles. The van der Waals surface area contributed by atoms with Crippen molar-refractivity contribution in [2.45, 2.75) is 24.8 Å². The van der Waals surface area contributed by atoms with Crippen molar-refractivity contribution in [3.8, 4) is 0 Å². The molecule has 0 saturated carbocycles. The van der Waals surface area contributed by atoms with Gasteiger partial charge in [-0.3, -0.25) is 10.1 Å². The van der Waals surface area contributed by atoms with Crippen LogP contribution in [0, 0.1) is 0 Å². The highest BCUT2D eigenvalue weighted by molar-refractivity contribution is 6.31. The van der Waals surface area contributed by atoms with E-state index in [-0.39, 0.29) is 5.91 Å². The molecule has 0 bridgehead atoms. The third-order valence-electron chi connectivity index (χ3n) is 3.08. The summed E-state index contributed by atoms with van der Waals surface area (Å²) in [7, 11) is 0. The maximum absolute atomic E-state index is 12.9. The predicted octanol–water partition coefficient (Wildman–Crippen LogP) is 2.00. The molecule has 0 aliphatic carbocycles. The van der Waals surface area contributed by atoms with Crippen molar-refractivity contribution in [3.63, 3.8) is 0 Å². The summed E-state index contributed by atoms with van der Waals surface area (Å²) in [5.74, 6) is -3.17. The minimum absolute atomic E-state index is 0.381. The Morgan fingerprint density at radius 2 is 2.21 bits per heavy atom. The summed E-state index contributed by atoms with van der Waals surface area (Å²) < 4.78 is 25.9. The van der Waals surface area contributed by atoms with E-state index in [1.54, 1.807) is 6.07 Å². The van der Waals surface area contributed by atoms with E-state index in [4.69, 9.17) is 11.6 Å². The van der Waals surface area contributed by atoms with E-state index in [1.165, 1.54) is 0 Å². The molecule has 2 rings (SSSR count). The number of carbonyl (C=O) groups is 1. The van der Waals surface area contributed by atoms with Crippen molar-refractivity contribution in [2.75, 3.05) is 13.1 Å². The van der Waals surface area contributed by atoms with Gasteiger partial charge in [0.1, 0.15) is 0 Å². The Balaban J connectivity index is 1.77. The van der Waals surface area contributed by atoms with Gasteiger partial charge >= 0.3 is 0 Å². The van der Waals surface area contributed by atoms with Gasteiger partial charge in [-0.2, -0.15) is 0 Å². The van der Waals surface area contributed by atoms with E-state index in [1.807, 2.05) is 18.2 Å². The molecule has 1 aromatic rings. The van der Waals surface area contributed by atoms with E-state index >= 15 is 0 Å². The minimum atomic E-state index is -2.79. The van der Waals surface area contributed by atoms with Crippen LogP contribution in [-0.2, 0) is 11.2 Å². The van der Waals surface area contributed by atoms with Gasteiger partial charge in [0.2, 0.25) is 5.91 Å². The number of hydrogen-bond acceptors (Lipinski definition) is 2. The first kappa shape index (κ1) is 14.2. The van der Waals surface area contributed by atoms with Gasteiger partial charge in [0, 0.05) is 18.0 Å². The van der Waals surface area contributed by atoms with Crippen LogP contribution in [0.2, 0.25) is 5.02 Å². The summed E-state index contributed by atoms with van der Waals surface area (Å²) in [5.41, 5.74) is 0.925. The van der Waals surface area contributed by atoms with Crippen LogP contribution < -0.4 is 10.6 Å². The van der Waals surface area contributed by atoms with Crippen LogP contribution in [0.15, 0.2) is 24.3 Å². The lowest BCUT2D eigenvalue weighted by atomic mass is 10.1. The van der Waals surface area contributed by atoms with Crippen LogP contribution in [-0.4, -0.2) is 31.0 Å². The second-order valence-electron chi connectivity index (χ2n) is 4.63. The summed E-state index contributed by atoms with van der Waals surface area (Å²) in [5, 5.41) is 5.80. The fraction of sp³-hybridized carbons (Fsp3) is 0.462. The van der Waals surface area contributed by atoms with Crippen molar-refractivity contribution in [3.05, 3.63) is 34.9 Å². The highest BCUT2D eigenvalue weighted by Gasteiger charge is 2.42. The number of rotatable bonds is 4. The van der Waals surface area contributed by atoms with E-state index in [0.717, 1.165) is 5.56 Å². The Labute approximate surface area is 115 Å². The van der Waals surface area contributed by atoms with Crippen molar-refractivity contribution < 1.29 is 13.6 Å². The summed E-state index contributed by atoms with van der Waals surface area (Å²) in [4.78, 5) is 11.7. The third kappa shape index (κ3) is 3.88. The van der Waals surface area contributed by atoms with Crippen LogP contribution in [0.25, 0.3) is 0 Å². The van der Waals surface area contributed by atoms with E-state index in [9.17, 15) is 13.6 Å². The minimum Gasteiger partial charge on any atom is -0.354 e. The Hall–Kier alpha value is -1.20. The topological polar surface area (TPSA) is 41.1 Å². The first-order valence-corrected chi connectivity index (χ1v) is 6.48. The molecule has 2 N–H and O–H groups in total. The zero-order valence-electron chi connectivity index (χ0n) is 10.3. The molecular formula is C13H15ClF2N2O. The number of nitrogens with one attached hydrogen (secondary N) is 2. The average molecular weight is 289 g/mol. The van der Waals surface area contributed by atoms with Gasteiger partial charge in [-0.1, -0.05) is 29.8 Å². The molecule has 1 unspecified atom stereocenters. The Bertz CT molecular complexity index is 468. The largest absolute Gasteiger partial charge is 0.354 e. The number of halogens is 3. The molecule has 1 atom stereocenters. The number of carbonyl (C=O) groups excluding carboxylic acids is 1. The quantitative estimate of drug-likeness (QED) is 0.890. The number of alkyl halides is 2. The van der Waals surface area contributed by atoms with Gasteiger partial charge in [0.25, 0.3) is 5.92 Å². The fourth-order valence-electron chi connectivity index (χ4n) is 2.05. The maximum atomic E-state index is 12.9. The van der Waals surface area contributed by atoms with Gasteiger partial charge in [-0.25, -0.2) is 8.78 Å². The smallest absolute Gasteiger partial charge is 0.262 e. The van der Waals surface area contributed by atoms with Gasteiger partial charge in [0.05, 0.1) is 12.6 Å². The van der Waals surface area contributed by atoms with Crippen molar-refractivity contribution >= 4 is 17.5 Å². The van der Waals surface area contributed by atoms with Crippen LogP contribution in [0.5, 0.6) is 0 Å². The molecule has 3 nitrogen and oxygen atoms in total. The maximum Gasteiger partial charge on any atom is 0.262 e. The van der Waals surface area contributed by atoms with E-state index in [2.05, 4.69) is 10.6 Å². The molecular weight excluding hydrogens is 274 g/mol. The van der Waals surface area contributed by atoms with Gasteiger partial charge < -0.3 is 5.32 Å². The first-order chi connectivity index (χ1) is 8.98. The lowest BCUT2D eigenvalue weighted by molar-refractivity contribution is -0.123. The Morgan fingerprint density at radius 1 is 1.47 bits per heavy atom. The summed E-state index contributed by atoms with van der Waals surface area (Å²) >= 11 is 5.98. The third-order valence-corrected chi connectivity index (χ3v) is 3.45. The van der Waals surface area contributed by atoms with Crippen LogP contribution in [0.3, 0.4) is 0 Å². The molecule has 1 heterocycles. The van der Waals surface area contributed by atoms with Crippen molar-refractivity contribution in [1.82, 2.24) is 10.6 Å². The Kier molecular flexibility index (Phi) is 4.37. The van der Waals surface area contributed by atoms with E-state index in [0.29, 0.717) is 18.0 Å². The highest BCUT2D eigenvalue weighted by Crippen LogP contribution is 2.25. The molecule has 0 spiro atoms. The van der Waals surface area contributed by atoms with E-state index < -0.39 is 24.9 Å². The first-order valence-electron chi connectivity index (χ1n) is 6.10. The number of hydrogen-bond donors (Lipinski definition) is 2. The van der Waals surface area contributed by atoms with Gasteiger partial charge in [0.15, 0.2) is 0 Å². The summed E-state index contributed by atoms with van der Waals surface area (Å²) in [6, 6.07) is 6.53. The highest BCUT2D eigenvalue weighted by atomic mass is 35.5. The fourth-order valence-corrected chi connectivity index (χ4v) is 2.28. The summed E-state index contributed by atoms with van der Waals surface area (Å²) in [6.07, 6.45) is 0.138. The second-order valence-corrected chi connectivity index (χ2v) is 5.03. The normalized spacial score (nSPS) is 21.3. The number of benzene rings is 1. The second kappa shape index (κ2) is 5.84. The molecule has 19 heavy (non-hydrogen) atoms. The molecule has 0 aromatic heterocycles. The van der Waals surface area contributed by atoms with Gasteiger partial charge in [-0.05, 0) is 18.1 Å². The lowest BCUT2D eigenvalue weighted by Gasteiger charge is -2.11. The standard InChI is InChI=1S/C13H15ClF2N2O/c14-10-4-2-1-3-9(10)5-6-17-12(19)11-7-13(15,16)8-18-11/h1-4,11,18H,5-8H2,(H,17,19). The molecule has 1 fully saturated rings. The lowest BCUT2D eigenvalue weighted by Crippen LogP contribution is -2.41. The zero-order valence-corrected chi connectivity index (χ0v) is 11.0. The summed E-state index contributed by atoms with van der Waals surface area (Å²) in [6.45, 7) is -0.0537. The SMILES string of the molecule is O=C(NCCc1ccccc1Cl)C1CC(F)(F)CN1. The molecule has 1 aliphatic heterocycles. The zero-order chi connectivity index (χ0) is 13.9. The molecule has 1 amide bonds. The molecule has 1 aliphatic rings. The van der Waals surface area contributed by atoms with Crippen LogP contribution in [0.4, 0.5) is 8.78 Å². The molecule has 6 heteroatoms. The molecule has 0 radical (unpaired) electrons.